The predicted molar refractivity (Wildman–Crippen MR) is 127 cm³/mol. The number of phenols is 1. The van der Waals surface area contributed by atoms with E-state index in [9.17, 15) is 24.3 Å². The summed E-state index contributed by atoms with van der Waals surface area (Å²) in [6.45, 7) is 0.346. The molecule has 9 heteroatoms. The number of anilines is 1. The third-order valence-corrected chi connectivity index (χ3v) is 5.99. The summed E-state index contributed by atoms with van der Waals surface area (Å²) in [7, 11) is 2.41. The van der Waals surface area contributed by atoms with Gasteiger partial charge in [0.2, 0.25) is 5.91 Å². The van der Waals surface area contributed by atoms with Crippen LogP contribution in [0.15, 0.2) is 54.6 Å². The number of nitrogens with zero attached hydrogens (tertiary/aromatic N) is 1. The Labute approximate surface area is 201 Å². The van der Waals surface area contributed by atoms with Crippen molar-refractivity contribution in [3.8, 4) is 5.75 Å². The first-order valence-electron chi connectivity index (χ1n) is 11.0. The Morgan fingerprint density at radius 2 is 1.60 bits per heavy atom. The largest absolute Gasteiger partial charge is 0.506 e. The highest BCUT2D eigenvalue weighted by molar-refractivity contribution is 6.07. The van der Waals surface area contributed by atoms with Crippen LogP contribution < -0.4 is 5.32 Å². The summed E-state index contributed by atoms with van der Waals surface area (Å²) in [5, 5.41) is 14.8. The van der Waals surface area contributed by atoms with Gasteiger partial charge in [-0.05, 0) is 42.5 Å². The minimum Gasteiger partial charge on any atom is -0.506 e. The van der Waals surface area contributed by atoms with Crippen molar-refractivity contribution in [3.05, 3.63) is 71.3 Å². The minimum absolute atomic E-state index is 0.0612. The zero-order valence-corrected chi connectivity index (χ0v) is 19.2. The number of rotatable bonds is 5. The number of likely N-dealkylation sites (tertiary alicyclic amines) is 1. The molecule has 0 aromatic heterocycles. The van der Waals surface area contributed by atoms with Crippen molar-refractivity contribution >= 4 is 40.2 Å². The summed E-state index contributed by atoms with van der Waals surface area (Å²) < 4.78 is 9.45. The van der Waals surface area contributed by atoms with Gasteiger partial charge < -0.3 is 24.8 Å². The Morgan fingerprint density at radius 3 is 2.26 bits per heavy atom. The molecule has 0 bridgehead atoms. The molecule has 0 spiro atoms. The molecule has 1 heterocycles. The van der Waals surface area contributed by atoms with Crippen molar-refractivity contribution in [3.63, 3.8) is 0 Å². The number of carbonyl (C=O) groups is 4. The third kappa shape index (κ3) is 4.65. The normalized spacial score (nSPS) is 15.0. The van der Waals surface area contributed by atoms with Crippen molar-refractivity contribution in [1.82, 2.24) is 4.90 Å². The first-order chi connectivity index (χ1) is 16.8. The summed E-state index contributed by atoms with van der Waals surface area (Å²) >= 11 is 0. The molecule has 1 unspecified atom stereocenters. The molecule has 2 amide bonds. The lowest BCUT2D eigenvalue weighted by molar-refractivity contribution is -0.119. The number of hydrogen-bond acceptors (Lipinski definition) is 7. The standard InChI is InChI=1S/C26H24N2O7/c1-34-25(32)16-12-17(26(33)35-2)14-18(13-16)27-23(30)21-8-5-11-28(21)24(31)20-10-9-15-6-3-4-7-19(15)22(20)29/h3-4,6-7,9-10,12-14,21,29H,5,8,11H2,1-2H3,(H,27,30). The molecule has 0 radical (unpaired) electrons. The van der Waals surface area contributed by atoms with E-state index in [2.05, 4.69) is 5.32 Å². The molecule has 9 nitrogen and oxygen atoms in total. The maximum Gasteiger partial charge on any atom is 0.337 e. The quantitative estimate of drug-likeness (QED) is 0.542. The number of phenolic OH excluding ortho intramolecular Hbond substituents is 1. The Balaban J connectivity index is 1.59. The zero-order valence-electron chi connectivity index (χ0n) is 19.2. The van der Waals surface area contributed by atoms with Crippen molar-refractivity contribution in [2.75, 3.05) is 26.1 Å². The first-order valence-corrected chi connectivity index (χ1v) is 11.0. The maximum atomic E-state index is 13.3. The van der Waals surface area contributed by atoms with E-state index >= 15 is 0 Å². The van der Waals surface area contributed by atoms with Crippen LogP contribution in [0.3, 0.4) is 0 Å². The van der Waals surface area contributed by atoms with Crippen LogP contribution in [0, 0.1) is 0 Å². The predicted octanol–water partition coefficient (Wildman–Crippen LogP) is 3.36. The van der Waals surface area contributed by atoms with Crippen molar-refractivity contribution < 1.29 is 33.8 Å². The van der Waals surface area contributed by atoms with Gasteiger partial charge in [0.15, 0.2) is 0 Å². The van der Waals surface area contributed by atoms with E-state index in [4.69, 9.17) is 9.47 Å². The third-order valence-electron chi connectivity index (χ3n) is 5.99. The average molecular weight is 476 g/mol. The smallest absolute Gasteiger partial charge is 0.337 e. The van der Waals surface area contributed by atoms with Gasteiger partial charge in [-0.3, -0.25) is 9.59 Å². The molecule has 1 aliphatic heterocycles. The fraction of sp³-hybridized carbons (Fsp3) is 0.231. The molecule has 2 N–H and O–H groups in total. The lowest BCUT2D eigenvalue weighted by Gasteiger charge is -2.24. The van der Waals surface area contributed by atoms with Crippen molar-refractivity contribution in [2.24, 2.45) is 0 Å². The van der Waals surface area contributed by atoms with E-state index in [1.807, 2.05) is 12.1 Å². The van der Waals surface area contributed by atoms with Crippen LogP contribution in [0.25, 0.3) is 10.8 Å². The van der Waals surface area contributed by atoms with Gasteiger partial charge in [0.25, 0.3) is 5.91 Å². The highest BCUT2D eigenvalue weighted by atomic mass is 16.5. The highest BCUT2D eigenvalue weighted by Gasteiger charge is 2.36. The first kappa shape index (κ1) is 23.7. The van der Waals surface area contributed by atoms with E-state index in [0.717, 1.165) is 5.39 Å². The molecule has 0 aliphatic carbocycles. The van der Waals surface area contributed by atoms with Gasteiger partial charge in [-0.1, -0.05) is 30.3 Å². The molecule has 1 aliphatic rings. The number of aromatic hydroxyl groups is 1. The number of carbonyl (C=O) groups excluding carboxylic acids is 4. The Hall–Kier alpha value is -4.40. The van der Waals surface area contributed by atoms with Gasteiger partial charge in [0.05, 0.1) is 30.9 Å². The molecule has 0 saturated carbocycles. The van der Waals surface area contributed by atoms with E-state index < -0.39 is 29.8 Å². The number of esters is 2. The second-order valence-electron chi connectivity index (χ2n) is 8.11. The number of nitrogens with one attached hydrogen (secondary N) is 1. The summed E-state index contributed by atoms with van der Waals surface area (Å²) in [5.41, 5.74) is 0.424. The lowest BCUT2D eigenvalue weighted by atomic mass is 10.0. The maximum absolute atomic E-state index is 13.3. The number of amides is 2. The van der Waals surface area contributed by atoms with E-state index in [1.165, 1.54) is 37.3 Å². The summed E-state index contributed by atoms with van der Waals surface area (Å²) in [4.78, 5) is 51.9. The fourth-order valence-corrected chi connectivity index (χ4v) is 4.26. The van der Waals surface area contributed by atoms with Crippen LogP contribution in [0.5, 0.6) is 5.75 Å². The Bertz CT molecular complexity index is 1300. The lowest BCUT2D eigenvalue weighted by Crippen LogP contribution is -2.43. The molecule has 3 aromatic carbocycles. The molecule has 35 heavy (non-hydrogen) atoms. The second-order valence-corrected chi connectivity index (χ2v) is 8.11. The summed E-state index contributed by atoms with van der Waals surface area (Å²) in [6, 6.07) is 13.7. The van der Waals surface area contributed by atoms with Crippen LogP contribution in [0.1, 0.15) is 43.9 Å². The number of ether oxygens (including phenoxy) is 2. The topological polar surface area (TPSA) is 122 Å². The van der Waals surface area contributed by atoms with Crippen LogP contribution in [-0.4, -0.2) is 60.6 Å². The van der Waals surface area contributed by atoms with Crippen molar-refractivity contribution in [2.45, 2.75) is 18.9 Å². The minimum atomic E-state index is -0.795. The second kappa shape index (κ2) is 9.84. The van der Waals surface area contributed by atoms with Crippen LogP contribution >= 0.6 is 0 Å². The van der Waals surface area contributed by atoms with Gasteiger partial charge in [0, 0.05) is 17.6 Å². The molecule has 1 saturated heterocycles. The van der Waals surface area contributed by atoms with Crippen molar-refractivity contribution in [1.29, 1.82) is 0 Å². The monoisotopic (exact) mass is 476 g/mol. The summed E-state index contributed by atoms with van der Waals surface area (Å²) in [6.07, 6.45) is 1.03. The molecule has 1 fully saturated rings. The van der Waals surface area contributed by atoms with Crippen LogP contribution in [-0.2, 0) is 14.3 Å². The van der Waals surface area contributed by atoms with Gasteiger partial charge >= 0.3 is 11.9 Å². The SMILES string of the molecule is COC(=O)c1cc(NC(=O)C2CCCN2C(=O)c2ccc3ccccc3c2O)cc(C(=O)OC)c1. The zero-order chi connectivity index (χ0) is 25.1. The molecule has 3 aromatic rings. The Kier molecular flexibility index (Phi) is 6.68. The van der Waals surface area contributed by atoms with Gasteiger partial charge in [-0.15, -0.1) is 0 Å². The molecule has 180 valence electrons. The average Bonchev–Trinajstić information content (AvgIpc) is 3.38. The number of hydrogen-bond donors (Lipinski definition) is 2. The molecular weight excluding hydrogens is 452 g/mol. The number of methoxy groups -OCH3 is 2. The number of fused-ring (bicyclic) bond motifs is 1. The highest BCUT2D eigenvalue weighted by Crippen LogP contribution is 2.31. The number of benzene rings is 3. The molecular formula is C26H24N2O7. The van der Waals surface area contributed by atoms with Crippen LogP contribution in [0.2, 0.25) is 0 Å². The van der Waals surface area contributed by atoms with E-state index in [0.29, 0.717) is 24.8 Å². The van der Waals surface area contributed by atoms with E-state index in [-0.39, 0.29) is 28.1 Å². The van der Waals surface area contributed by atoms with Gasteiger partial charge in [0.1, 0.15) is 11.8 Å². The van der Waals surface area contributed by atoms with Crippen LogP contribution in [0.4, 0.5) is 5.69 Å². The van der Waals surface area contributed by atoms with Gasteiger partial charge in [-0.2, -0.15) is 0 Å². The Morgan fingerprint density at radius 1 is 0.943 bits per heavy atom. The van der Waals surface area contributed by atoms with E-state index in [1.54, 1.807) is 24.3 Å². The molecule has 4 rings (SSSR count). The fourth-order valence-electron chi connectivity index (χ4n) is 4.26. The molecule has 1 atom stereocenters. The summed E-state index contributed by atoms with van der Waals surface area (Å²) in [5.74, 6) is -2.43. The van der Waals surface area contributed by atoms with Gasteiger partial charge in [-0.25, -0.2) is 9.59 Å².